The molecule has 0 saturated carbocycles. The van der Waals surface area contributed by atoms with Crippen LogP contribution in [0.15, 0.2) is 0 Å². The molecule has 5 heteroatoms. The first-order valence-electron chi connectivity index (χ1n) is 9.89. The summed E-state index contributed by atoms with van der Waals surface area (Å²) in [6.45, 7) is 4.41. The first-order chi connectivity index (χ1) is 12.1. The summed E-state index contributed by atoms with van der Waals surface area (Å²) in [6, 6.07) is 0. The first kappa shape index (κ1) is 25.2. The van der Waals surface area contributed by atoms with E-state index in [0.29, 0.717) is 5.92 Å². The minimum Gasteiger partial charge on any atom is -0.369 e. The van der Waals surface area contributed by atoms with Crippen LogP contribution >= 0.6 is 12.6 Å². The van der Waals surface area contributed by atoms with Gasteiger partial charge in [0, 0.05) is 28.4 Å². The maximum Gasteiger partial charge on any atom is 0.313 e. The smallest absolute Gasteiger partial charge is 0.313 e. The number of hydrogen-bond donors (Lipinski definition) is 1. The van der Waals surface area contributed by atoms with Gasteiger partial charge in [0.15, 0.2) is 5.60 Å². The lowest BCUT2D eigenvalue weighted by molar-refractivity contribution is -0.434. The number of hydrogen-bond acceptors (Lipinski definition) is 5. The van der Waals surface area contributed by atoms with Gasteiger partial charge in [0.25, 0.3) is 0 Å². The fourth-order valence-electron chi connectivity index (χ4n) is 4.08. The molecule has 0 saturated heterocycles. The van der Waals surface area contributed by atoms with Crippen molar-refractivity contribution >= 4 is 12.6 Å². The van der Waals surface area contributed by atoms with Gasteiger partial charge in [-0.1, -0.05) is 52.4 Å². The van der Waals surface area contributed by atoms with Crippen LogP contribution in [0.2, 0.25) is 0 Å². The van der Waals surface area contributed by atoms with Gasteiger partial charge >= 0.3 is 5.97 Å². The number of rotatable bonds is 17. The number of methoxy groups -OCH3 is 4. The van der Waals surface area contributed by atoms with E-state index in [9.17, 15) is 0 Å². The fourth-order valence-corrected chi connectivity index (χ4v) is 4.27. The highest BCUT2D eigenvalue weighted by molar-refractivity contribution is 7.80. The Morgan fingerprint density at radius 3 is 1.72 bits per heavy atom. The average Bonchev–Trinajstić information content (AvgIpc) is 2.65. The molecule has 0 aromatic carbocycles. The molecule has 0 aliphatic heterocycles. The second-order valence-electron chi connectivity index (χ2n) is 6.78. The van der Waals surface area contributed by atoms with Crippen LogP contribution in [0, 0.1) is 5.92 Å². The highest BCUT2D eigenvalue weighted by atomic mass is 32.1. The van der Waals surface area contributed by atoms with Gasteiger partial charge in [-0.05, 0) is 37.4 Å². The Kier molecular flexibility index (Phi) is 14.4. The second-order valence-corrected chi connectivity index (χ2v) is 7.23. The van der Waals surface area contributed by atoms with Crippen molar-refractivity contribution in [3.8, 4) is 0 Å². The van der Waals surface area contributed by atoms with Crippen LogP contribution in [0.3, 0.4) is 0 Å². The molecule has 0 spiro atoms. The average molecular weight is 379 g/mol. The van der Waals surface area contributed by atoms with Crippen molar-refractivity contribution in [3.63, 3.8) is 0 Å². The first-order valence-corrected chi connectivity index (χ1v) is 10.5. The van der Waals surface area contributed by atoms with Gasteiger partial charge in [-0.3, -0.25) is 0 Å². The third kappa shape index (κ3) is 6.69. The molecule has 0 heterocycles. The zero-order chi connectivity index (χ0) is 19.2. The van der Waals surface area contributed by atoms with Gasteiger partial charge in [0.2, 0.25) is 0 Å². The maximum absolute atomic E-state index is 6.15. The predicted octanol–water partition coefficient (Wildman–Crippen LogP) is 5.45. The molecule has 0 aromatic heterocycles. The van der Waals surface area contributed by atoms with Crippen molar-refractivity contribution < 1.29 is 18.9 Å². The zero-order valence-corrected chi connectivity index (χ0v) is 18.3. The SMILES string of the molecule is CCCCCCCC(CCCS)C(CCC)(OC)C(OC)(OC)OC. The standard InChI is InChI=1S/C20H42O4S/c1-7-9-10-11-12-14-18(15-13-17-25)19(21-3,16-8-2)20(22-4,23-5)24-6/h18,25H,7-17H2,1-6H3. The summed E-state index contributed by atoms with van der Waals surface area (Å²) in [4.78, 5) is 0. The van der Waals surface area contributed by atoms with E-state index in [-0.39, 0.29) is 0 Å². The van der Waals surface area contributed by atoms with E-state index in [1.54, 1.807) is 28.4 Å². The number of thiol groups is 1. The van der Waals surface area contributed by atoms with Crippen molar-refractivity contribution in [2.75, 3.05) is 34.2 Å². The van der Waals surface area contributed by atoms with E-state index in [2.05, 4.69) is 26.5 Å². The molecule has 2 atom stereocenters. The van der Waals surface area contributed by atoms with Crippen LogP contribution in [0.25, 0.3) is 0 Å². The van der Waals surface area contributed by atoms with Crippen molar-refractivity contribution in [1.29, 1.82) is 0 Å². The van der Waals surface area contributed by atoms with Crippen molar-refractivity contribution in [2.45, 2.75) is 89.6 Å². The van der Waals surface area contributed by atoms with Crippen LogP contribution in [0.1, 0.15) is 78.1 Å². The summed E-state index contributed by atoms with van der Waals surface area (Å²) in [6.07, 6.45) is 11.3. The largest absolute Gasteiger partial charge is 0.369 e. The minimum absolute atomic E-state index is 0.297. The van der Waals surface area contributed by atoms with E-state index in [1.165, 1.54) is 32.1 Å². The lowest BCUT2D eigenvalue weighted by Crippen LogP contribution is -2.63. The monoisotopic (exact) mass is 378 g/mol. The Morgan fingerprint density at radius 2 is 1.28 bits per heavy atom. The topological polar surface area (TPSA) is 36.9 Å². The summed E-state index contributed by atoms with van der Waals surface area (Å²) in [5.41, 5.74) is -0.631. The minimum atomic E-state index is -1.19. The molecule has 0 radical (unpaired) electrons. The van der Waals surface area contributed by atoms with Crippen molar-refractivity contribution in [2.24, 2.45) is 5.92 Å². The normalized spacial score (nSPS) is 16.0. The third-order valence-corrected chi connectivity index (χ3v) is 5.65. The fraction of sp³-hybridized carbons (Fsp3) is 1.00. The van der Waals surface area contributed by atoms with Crippen LogP contribution in [0.5, 0.6) is 0 Å². The molecule has 0 aromatic rings. The van der Waals surface area contributed by atoms with Gasteiger partial charge in [-0.2, -0.15) is 12.6 Å². The number of ether oxygens (including phenoxy) is 4. The lowest BCUT2D eigenvalue weighted by Gasteiger charge is -2.50. The second kappa shape index (κ2) is 14.3. The Labute approximate surface area is 161 Å². The summed E-state index contributed by atoms with van der Waals surface area (Å²) >= 11 is 4.42. The Balaban J connectivity index is 5.50. The van der Waals surface area contributed by atoms with Crippen molar-refractivity contribution in [1.82, 2.24) is 0 Å². The summed E-state index contributed by atoms with van der Waals surface area (Å²) < 4.78 is 23.4. The third-order valence-electron chi connectivity index (χ3n) is 5.34. The quantitative estimate of drug-likeness (QED) is 0.207. The van der Waals surface area contributed by atoms with E-state index >= 15 is 0 Å². The van der Waals surface area contributed by atoms with Gasteiger partial charge in [-0.25, -0.2) is 0 Å². The van der Waals surface area contributed by atoms with Crippen LogP contribution in [-0.2, 0) is 18.9 Å². The molecule has 0 rings (SSSR count). The van der Waals surface area contributed by atoms with E-state index in [1.807, 2.05) is 0 Å². The molecular formula is C20H42O4S. The zero-order valence-electron chi connectivity index (χ0n) is 17.4. The molecule has 25 heavy (non-hydrogen) atoms. The van der Waals surface area contributed by atoms with Crippen LogP contribution in [0.4, 0.5) is 0 Å². The highest BCUT2D eigenvalue weighted by Crippen LogP contribution is 2.45. The summed E-state index contributed by atoms with van der Waals surface area (Å²) in [5.74, 6) is -0.0215. The van der Waals surface area contributed by atoms with Crippen LogP contribution in [-0.4, -0.2) is 45.8 Å². The van der Waals surface area contributed by atoms with Gasteiger partial charge in [-0.15, -0.1) is 0 Å². The molecule has 4 nitrogen and oxygen atoms in total. The lowest BCUT2D eigenvalue weighted by atomic mass is 9.75. The predicted molar refractivity (Wildman–Crippen MR) is 108 cm³/mol. The summed E-state index contributed by atoms with van der Waals surface area (Å²) in [7, 11) is 6.65. The molecule has 0 aliphatic carbocycles. The van der Waals surface area contributed by atoms with Crippen LogP contribution < -0.4 is 0 Å². The Bertz CT molecular complexity index is 302. The molecule has 0 bridgehead atoms. The maximum atomic E-state index is 6.15. The summed E-state index contributed by atoms with van der Waals surface area (Å²) in [5, 5.41) is 0. The highest BCUT2D eigenvalue weighted by Gasteiger charge is 2.58. The van der Waals surface area contributed by atoms with E-state index < -0.39 is 11.6 Å². The molecule has 0 amide bonds. The van der Waals surface area contributed by atoms with Gasteiger partial charge in [0.05, 0.1) is 0 Å². The van der Waals surface area contributed by atoms with E-state index in [0.717, 1.165) is 37.9 Å². The molecule has 0 N–H and O–H groups in total. The van der Waals surface area contributed by atoms with E-state index in [4.69, 9.17) is 18.9 Å². The molecule has 0 aliphatic rings. The molecular weight excluding hydrogens is 336 g/mol. The number of unbranched alkanes of at least 4 members (excludes halogenated alkanes) is 4. The van der Waals surface area contributed by atoms with Crippen molar-refractivity contribution in [3.05, 3.63) is 0 Å². The molecule has 0 fully saturated rings. The Morgan fingerprint density at radius 1 is 0.720 bits per heavy atom. The van der Waals surface area contributed by atoms with Gasteiger partial charge < -0.3 is 18.9 Å². The molecule has 2 unspecified atom stereocenters. The van der Waals surface area contributed by atoms with Gasteiger partial charge in [0.1, 0.15) is 0 Å². The molecule has 152 valence electrons. The Hall–Kier alpha value is 0.190.